The van der Waals surface area contributed by atoms with Crippen LogP contribution >= 0.6 is 22.6 Å². The Kier molecular flexibility index (Phi) is 5.02. The summed E-state index contributed by atoms with van der Waals surface area (Å²) in [6.07, 6.45) is -1.60. The first-order chi connectivity index (χ1) is 12.6. The highest BCUT2D eigenvalue weighted by Gasteiger charge is 2.33. The Balaban J connectivity index is 2.41. The van der Waals surface area contributed by atoms with Crippen molar-refractivity contribution < 1.29 is 18.0 Å². The fraction of sp³-hybridized carbons (Fsp3) is 0.158. The minimum Gasteiger partial charge on any atom is -0.366 e. The summed E-state index contributed by atoms with van der Waals surface area (Å²) in [4.78, 5) is 16.1. The van der Waals surface area contributed by atoms with Gasteiger partial charge in [-0.1, -0.05) is 12.1 Å². The fourth-order valence-corrected chi connectivity index (χ4v) is 3.31. The third kappa shape index (κ3) is 3.85. The first kappa shape index (κ1) is 19.4. The van der Waals surface area contributed by atoms with Crippen LogP contribution in [-0.4, -0.2) is 15.5 Å². The van der Waals surface area contributed by atoms with Crippen molar-refractivity contribution in [1.82, 2.24) is 9.55 Å². The Morgan fingerprint density at radius 2 is 1.89 bits per heavy atom. The molecule has 1 heterocycles. The number of carbonyl (C=O) groups is 1. The van der Waals surface area contributed by atoms with E-state index in [1.165, 1.54) is 10.9 Å². The van der Waals surface area contributed by atoms with Crippen LogP contribution in [0, 0.1) is 17.4 Å². The van der Waals surface area contributed by atoms with E-state index >= 15 is 0 Å². The summed E-state index contributed by atoms with van der Waals surface area (Å²) < 4.78 is 42.6. The zero-order chi connectivity index (χ0) is 19.9. The summed E-state index contributed by atoms with van der Waals surface area (Å²) in [5, 5.41) is 0. The van der Waals surface area contributed by atoms with E-state index in [0.717, 1.165) is 21.3 Å². The number of halogens is 4. The number of primary amides is 1. The maximum atomic E-state index is 13.4. The van der Waals surface area contributed by atoms with Gasteiger partial charge in [-0.15, -0.1) is 0 Å². The Morgan fingerprint density at radius 3 is 2.41 bits per heavy atom. The molecule has 4 nitrogen and oxygen atoms in total. The molecule has 0 fully saturated rings. The number of carbonyl (C=O) groups excluding carboxylic acids is 1. The molecular weight excluding hydrogens is 470 g/mol. The number of hydrogen-bond acceptors (Lipinski definition) is 2. The van der Waals surface area contributed by atoms with Crippen LogP contribution in [0.2, 0.25) is 0 Å². The molecule has 0 bridgehead atoms. The number of aromatic nitrogens is 2. The van der Waals surface area contributed by atoms with Gasteiger partial charge in [-0.3, -0.25) is 4.79 Å². The molecule has 0 aliphatic rings. The van der Waals surface area contributed by atoms with Crippen molar-refractivity contribution in [2.24, 2.45) is 5.73 Å². The minimum absolute atomic E-state index is 0.189. The molecule has 1 aromatic heterocycles. The Labute approximate surface area is 167 Å². The number of nitrogens with zero attached hydrogens (tertiary/aromatic N) is 2. The summed E-state index contributed by atoms with van der Waals surface area (Å²) in [7, 11) is 0. The van der Waals surface area contributed by atoms with Crippen molar-refractivity contribution >= 4 is 28.5 Å². The normalized spacial score (nSPS) is 11.6. The first-order valence-corrected chi connectivity index (χ1v) is 8.98. The molecule has 2 N–H and O–H groups in total. The molecule has 140 valence electrons. The second-order valence-corrected chi connectivity index (χ2v) is 7.33. The van der Waals surface area contributed by atoms with E-state index in [9.17, 15) is 18.0 Å². The molecule has 0 saturated carbocycles. The summed E-state index contributed by atoms with van der Waals surface area (Å²) in [5.41, 5.74) is 7.12. The van der Waals surface area contributed by atoms with Crippen LogP contribution < -0.4 is 5.73 Å². The molecule has 0 spiro atoms. The van der Waals surface area contributed by atoms with Gasteiger partial charge in [0.2, 0.25) is 5.91 Å². The molecule has 0 aliphatic carbocycles. The van der Waals surface area contributed by atoms with Crippen molar-refractivity contribution in [3.63, 3.8) is 0 Å². The van der Waals surface area contributed by atoms with Crippen LogP contribution in [0.25, 0.3) is 16.8 Å². The molecule has 3 rings (SSSR count). The standard InChI is InChI=1S/C19H15F3IN3O/c1-10-3-4-12(5-15(10)23)17-14(18(24)27)6-13(19(20,21)22)7-16(17)26-8-11(2)25-9-26/h3-9H,1-2H3,(H2,24,27). The number of amides is 1. The smallest absolute Gasteiger partial charge is 0.366 e. The van der Waals surface area contributed by atoms with Crippen molar-refractivity contribution in [1.29, 1.82) is 0 Å². The monoisotopic (exact) mass is 485 g/mol. The molecule has 0 radical (unpaired) electrons. The second kappa shape index (κ2) is 6.99. The summed E-state index contributed by atoms with van der Waals surface area (Å²) in [6.45, 7) is 3.65. The van der Waals surface area contributed by atoms with Crippen LogP contribution in [-0.2, 0) is 6.18 Å². The summed E-state index contributed by atoms with van der Waals surface area (Å²) in [6, 6.07) is 7.24. The molecule has 3 aromatic rings. The van der Waals surface area contributed by atoms with E-state index in [1.807, 2.05) is 19.1 Å². The number of alkyl halides is 3. The Morgan fingerprint density at radius 1 is 1.19 bits per heavy atom. The SMILES string of the molecule is Cc1cn(-c2cc(C(F)(F)F)cc(C(N)=O)c2-c2ccc(C)c(I)c2)cn1. The quantitative estimate of drug-likeness (QED) is 0.538. The van der Waals surface area contributed by atoms with Crippen molar-refractivity contribution in [3.8, 4) is 16.8 Å². The van der Waals surface area contributed by atoms with Crippen LogP contribution in [0.4, 0.5) is 13.2 Å². The lowest BCUT2D eigenvalue weighted by atomic mass is 9.94. The molecular formula is C19H15F3IN3O. The third-order valence-corrected chi connectivity index (χ3v) is 5.32. The van der Waals surface area contributed by atoms with E-state index in [-0.39, 0.29) is 11.3 Å². The maximum absolute atomic E-state index is 13.4. The van der Waals surface area contributed by atoms with Gasteiger partial charge >= 0.3 is 6.18 Å². The third-order valence-electron chi connectivity index (χ3n) is 4.16. The van der Waals surface area contributed by atoms with Crippen molar-refractivity contribution in [3.05, 3.63) is 68.8 Å². The summed E-state index contributed by atoms with van der Waals surface area (Å²) in [5.74, 6) is -0.926. The van der Waals surface area contributed by atoms with E-state index in [0.29, 0.717) is 16.8 Å². The maximum Gasteiger partial charge on any atom is 0.416 e. The van der Waals surface area contributed by atoms with Crippen LogP contribution in [0.5, 0.6) is 0 Å². The molecule has 0 aliphatic heterocycles. The largest absolute Gasteiger partial charge is 0.416 e. The zero-order valence-corrected chi connectivity index (χ0v) is 16.6. The number of imidazole rings is 1. The lowest BCUT2D eigenvalue weighted by Crippen LogP contribution is -2.17. The zero-order valence-electron chi connectivity index (χ0n) is 14.4. The van der Waals surface area contributed by atoms with Crippen molar-refractivity contribution in [2.45, 2.75) is 20.0 Å². The lowest BCUT2D eigenvalue weighted by molar-refractivity contribution is -0.137. The highest BCUT2D eigenvalue weighted by molar-refractivity contribution is 14.1. The van der Waals surface area contributed by atoms with Gasteiger partial charge in [0.05, 0.1) is 23.3 Å². The highest BCUT2D eigenvalue weighted by Crippen LogP contribution is 2.38. The van der Waals surface area contributed by atoms with E-state index in [2.05, 4.69) is 27.6 Å². The fourth-order valence-electron chi connectivity index (χ4n) is 2.79. The minimum atomic E-state index is -4.62. The van der Waals surface area contributed by atoms with Gasteiger partial charge in [-0.25, -0.2) is 4.98 Å². The van der Waals surface area contributed by atoms with Crippen LogP contribution in [0.15, 0.2) is 42.9 Å². The molecule has 8 heteroatoms. The summed E-state index contributed by atoms with van der Waals surface area (Å²) >= 11 is 2.14. The predicted octanol–water partition coefficient (Wildman–Crippen LogP) is 4.88. The number of aryl methyl sites for hydroxylation is 2. The predicted molar refractivity (Wildman–Crippen MR) is 105 cm³/mol. The average molecular weight is 485 g/mol. The Bertz CT molecular complexity index is 1040. The van der Waals surface area contributed by atoms with E-state index in [1.54, 1.807) is 19.2 Å². The van der Waals surface area contributed by atoms with Crippen molar-refractivity contribution in [2.75, 3.05) is 0 Å². The van der Waals surface area contributed by atoms with Gasteiger partial charge in [-0.05, 0) is 65.8 Å². The van der Waals surface area contributed by atoms with Gasteiger partial charge in [0.25, 0.3) is 0 Å². The topological polar surface area (TPSA) is 60.9 Å². The van der Waals surface area contributed by atoms with Gasteiger partial charge in [0, 0.05) is 20.9 Å². The van der Waals surface area contributed by atoms with E-state index in [4.69, 9.17) is 5.73 Å². The highest BCUT2D eigenvalue weighted by atomic mass is 127. The number of benzene rings is 2. The molecule has 1 amide bonds. The Hall–Kier alpha value is -2.36. The van der Waals surface area contributed by atoms with Crippen LogP contribution in [0.1, 0.15) is 27.2 Å². The number of rotatable bonds is 3. The van der Waals surface area contributed by atoms with Crippen LogP contribution in [0.3, 0.4) is 0 Å². The molecule has 0 saturated heterocycles. The van der Waals surface area contributed by atoms with Gasteiger partial charge < -0.3 is 10.3 Å². The first-order valence-electron chi connectivity index (χ1n) is 7.90. The van der Waals surface area contributed by atoms with Gasteiger partial charge in [0.15, 0.2) is 0 Å². The van der Waals surface area contributed by atoms with Gasteiger partial charge in [0.1, 0.15) is 0 Å². The molecule has 0 unspecified atom stereocenters. The van der Waals surface area contributed by atoms with Gasteiger partial charge in [-0.2, -0.15) is 13.2 Å². The number of nitrogens with two attached hydrogens (primary N) is 1. The second-order valence-electron chi connectivity index (χ2n) is 6.17. The van der Waals surface area contributed by atoms with E-state index < -0.39 is 17.6 Å². The molecule has 27 heavy (non-hydrogen) atoms. The molecule has 2 aromatic carbocycles. The molecule has 0 atom stereocenters. The average Bonchev–Trinajstić information content (AvgIpc) is 3.01. The number of hydrogen-bond donors (Lipinski definition) is 1. The lowest BCUT2D eigenvalue weighted by Gasteiger charge is -2.18.